The van der Waals surface area contributed by atoms with Gasteiger partial charge in [-0.15, -0.1) is 11.8 Å². The lowest BCUT2D eigenvalue weighted by Crippen LogP contribution is -2.04. The van der Waals surface area contributed by atoms with Gasteiger partial charge >= 0.3 is 5.97 Å². The second-order valence-corrected chi connectivity index (χ2v) is 8.27. The predicted octanol–water partition coefficient (Wildman–Crippen LogP) is 5.63. The molecule has 0 saturated carbocycles. The molecule has 164 valence electrons. The van der Waals surface area contributed by atoms with Crippen LogP contribution < -0.4 is 4.74 Å². The molecule has 0 spiro atoms. The van der Waals surface area contributed by atoms with Crippen LogP contribution in [0.25, 0.3) is 11.5 Å². The molecular formula is C25H29NO4S. The van der Waals surface area contributed by atoms with Crippen molar-refractivity contribution in [2.75, 3.05) is 19.5 Å². The van der Waals surface area contributed by atoms with E-state index in [4.69, 9.17) is 9.15 Å². The molecule has 6 heteroatoms. The average molecular weight is 440 g/mol. The quantitative estimate of drug-likeness (QED) is 0.361. The fraction of sp³-hybridized carbons (Fsp3) is 0.360. The van der Waals surface area contributed by atoms with Gasteiger partial charge in [-0.2, -0.15) is 0 Å². The maximum atomic E-state index is 11.2. The van der Waals surface area contributed by atoms with Crippen molar-refractivity contribution in [1.82, 2.24) is 4.98 Å². The number of aryl methyl sites for hydroxylation is 2. The standard InChI is InChI=1S/C25H29NO4S/c1-4-6-19-9-11-21(12-10-19)25-26-23(18(2)30-25)13-14-29-22-8-5-7-20(15-22)16-31-17-24(27)28-3/h5,7-12,15H,4,6,13-14,16-17H2,1-3H3. The first-order valence-corrected chi connectivity index (χ1v) is 11.7. The summed E-state index contributed by atoms with van der Waals surface area (Å²) in [5.41, 5.74) is 4.34. The van der Waals surface area contributed by atoms with Gasteiger partial charge in [0.25, 0.3) is 0 Å². The van der Waals surface area contributed by atoms with Gasteiger partial charge in [-0.1, -0.05) is 37.6 Å². The minimum atomic E-state index is -0.211. The maximum Gasteiger partial charge on any atom is 0.315 e. The van der Waals surface area contributed by atoms with E-state index in [-0.39, 0.29) is 5.97 Å². The summed E-state index contributed by atoms with van der Waals surface area (Å²) in [7, 11) is 1.40. The van der Waals surface area contributed by atoms with E-state index in [1.165, 1.54) is 24.4 Å². The number of methoxy groups -OCH3 is 1. The number of ether oxygens (including phenoxy) is 2. The number of carbonyl (C=O) groups excluding carboxylic acids is 1. The lowest BCUT2D eigenvalue weighted by Gasteiger charge is -2.07. The Morgan fingerprint density at radius 1 is 1.10 bits per heavy atom. The Kier molecular flexibility index (Phi) is 8.59. The average Bonchev–Trinajstić information content (AvgIpc) is 3.15. The van der Waals surface area contributed by atoms with Crippen LogP contribution in [0, 0.1) is 6.92 Å². The van der Waals surface area contributed by atoms with Crippen LogP contribution in [0.4, 0.5) is 0 Å². The van der Waals surface area contributed by atoms with Gasteiger partial charge in [-0.3, -0.25) is 4.79 Å². The number of oxazole rings is 1. The molecule has 0 atom stereocenters. The van der Waals surface area contributed by atoms with Crippen LogP contribution >= 0.6 is 11.8 Å². The van der Waals surface area contributed by atoms with Crippen molar-refractivity contribution in [3.05, 3.63) is 71.1 Å². The third kappa shape index (κ3) is 6.89. The largest absolute Gasteiger partial charge is 0.493 e. The van der Waals surface area contributed by atoms with Crippen molar-refractivity contribution < 1.29 is 18.7 Å². The summed E-state index contributed by atoms with van der Waals surface area (Å²) in [4.78, 5) is 15.9. The zero-order chi connectivity index (χ0) is 22.1. The first-order chi connectivity index (χ1) is 15.1. The van der Waals surface area contributed by atoms with Crippen LogP contribution in [0.3, 0.4) is 0 Å². The molecule has 2 aromatic carbocycles. The normalized spacial score (nSPS) is 10.8. The highest BCUT2D eigenvalue weighted by molar-refractivity contribution is 7.99. The van der Waals surface area contributed by atoms with E-state index in [0.29, 0.717) is 24.7 Å². The molecule has 31 heavy (non-hydrogen) atoms. The lowest BCUT2D eigenvalue weighted by atomic mass is 10.1. The van der Waals surface area contributed by atoms with Crippen molar-refractivity contribution >= 4 is 17.7 Å². The minimum Gasteiger partial charge on any atom is -0.493 e. The van der Waals surface area contributed by atoms with E-state index in [1.54, 1.807) is 0 Å². The summed E-state index contributed by atoms with van der Waals surface area (Å²) in [6.07, 6.45) is 2.89. The minimum absolute atomic E-state index is 0.211. The Morgan fingerprint density at radius 3 is 2.65 bits per heavy atom. The van der Waals surface area contributed by atoms with Crippen molar-refractivity contribution in [3.63, 3.8) is 0 Å². The number of rotatable bonds is 11. The van der Waals surface area contributed by atoms with Crippen molar-refractivity contribution in [2.45, 2.75) is 38.9 Å². The van der Waals surface area contributed by atoms with Crippen molar-refractivity contribution in [3.8, 4) is 17.2 Å². The highest BCUT2D eigenvalue weighted by atomic mass is 32.2. The monoisotopic (exact) mass is 439 g/mol. The lowest BCUT2D eigenvalue weighted by molar-refractivity contribution is -0.137. The molecule has 0 unspecified atom stereocenters. The summed E-state index contributed by atoms with van der Waals surface area (Å²) in [5, 5.41) is 0. The molecule has 0 aliphatic rings. The van der Waals surface area contributed by atoms with E-state index >= 15 is 0 Å². The van der Waals surface area contributed by atoms with Crippen LogP contribution in [0.15, 0.2) is 52.9 Å². The van der Waals surface area contributed by atoms with E-state index in [9.17, 15) is 4.79 Å². The van der Waals surface area contributed by atoms with Gasteiger partial charge in [0.15, 0.2) is 0 Å². The third-order valence-corrected chi connectivity index (χ3v) is 5.83. The van der Waals surface area contributed by atoms with Gasteiger partial charge < -0.3 is 13.9 Å². The second kappa shape index (κ2) is 11.6. The maximum absolute atomic E-state index is 11.2. The SMILES string of the molecule is CCCc1ccc(-c2nc(CCOc3cccc(CSCC(=O)OC)c3)c(C)o2)cc1. The molecule has 0 fully saturated rings. The number of thioether (sulfide) groups is 1. The van der Waals surface area contributed by atoms with E-state index in [0.717, 1.165) is 46.9 Å². The Hall–Kier alpha value is -2.73. The molecule has 0 aliphatic heterocycles. The first-order valence-electron chi connectivity index (χ1n) is 10.5. The molecule has 0 radical (unpaired) electrons. The molecule has 0 bridgehead atoms. The number of hydrogen-bond donors (Lipinski definition) is 0. The van der Waals surface area contributed by atoms with Gasteiger partial charge in [0, 0.05) is 17.7 Å². The molecule has 0 saturated heterocycles. The molecule has 1 heterocycles. The molecule has 0 amide bonds. The van der Waals surface area contributed by atoms with Gasteiger partial charge in [-0.05, 0) is 48.7 Å². The molecule has 3 aromatic rings. The van der Waals surface area contributed by atoms with Crippen LogP contribution in [-0.2, 0) is 28.1 Å². The number of carbonyl (C=O) groups is 1. The molecule has 0 N–H and O–H groups in total. The van der Waals surface area contributed by atoms with Crippen LogP contribution in [-0.4, -0.2) is 30.4 Å². The first kappa shape index (κ1) is 22.9. The smallest absolute Gasteiger partial charge is 0.315 e. The summed E-state index contributed by atoms with van der Waals surface area (Å²) >= 11 is 1.52. The zero-order valence-corrected chi connectivity index (χ0v) is 19.2. The summed E-state index contributed by atoms with van der Waals surface area (Å²) in [5.74, 6) is 3.15. The molecule has 1 aromatic heterocycles. The fourth-order valence-corrected chi connectivity index (χ4v) is 3.99. The topological polar surface area (TPSA) is 61.6 Å². The van der Waals surface area contributed by atoms with Gasteiger partial charge in [0.2, 0.25) is 5.89 Å². The summed E-state index contributed by atoms with van der Waals surface area (Å²) in [6.45, 7) is 4.64. The molecular weight excluding hydrogens is 410 g/mol. The summed E-state index contributed by atoms with van der Waals surface area (Å²) in [6, 6.07) is 16.3. The second-order valence-electron chi connectivity index (χ2n) is 7.28. The Morgan fingerprint density at radius 2 is 1.90 bits per heavy atom. The number of benzene rings is 2. The zero-order valence-electron chi connectivity index (χ0n) is 18.3. The van der Waals surface area contributed by atoms with E-state index in [1.807, 2.05) is 31.2 Å². The Labute approximate surface area is 188 Å². The van der Waals surface area contributed by atoms with Gasteiger partial charge in [-0.25, -0.2) is 4.98 Å². The van der Waals surface area contributed by atoms with Crippen LogP contribution in [0.5, 0.6) is 5.75 Å². The Balaban J connectivity index is 1.53. The molecule has 0 aliphatic carbocycles. The van der Waals surface area contributed by atoms with Crippen LogP contribution in [0.2, 0.25) is 0 Å². The predicted molar refractivity (Wildman–Crippen MR) is 124 cm³/mol. The third-order valence-electron chi connectivity index (χ3n) is 4.85. The highest BCUT2D eigenvalue weighted by Crippen LogP contribution is 2.23. The molecule has 5 nitrogen and oxygen atoms in total. The fourth-order valence-electron chi connectivity index (χ4n) is 3.19. The molecule has 3 rings (SSSR count). The van der Waals surface area contributed by atoms with Crippen LogP contribution in [0.1, 0.15) is 35.9 Å². The van der Waals surface area contributed by atoms with E-state index < -0.39 is 0 Å². The number of hydrogen-bond acceptors (Lipinski definition) is 6. The number of aromatic nitrogens is 1. The highest BCUT2D eigenvalue weighted by Gasteiger charge is 2.12. The number of nitrogens with zero attached hydrogens (tertiary/aromatic N) is 1. The van der Waals surface area contributed by atoms with Crippen molar-refractivity contribution in [1.29, 1.82) is 0 Å². The van der Waals surface area contributed by atoms with Gasteiger partial charge in [0.05, 0.1) is 25.2 Å². The summed E-state index contributed by atoms with van der Waals surface area (Å²) < 4.78 is 16.5. The van der Waals surface area contributed by atoms with Crippen molar-refractivity contribution in [2.24, 2.45) is 0 Å². The van der Waals surface area contributed by atoms with E-state index in [2.05, 4.69) is 40.9 Å². The number of esters is 1. The van der Waals surface area contributed by atoms with Gasteiger partial charge in [0.1, 0.15) is 11.5 Å². The Bertz CT molecular complexity index is 981.